The second-order valence-electron chi connectivity index (χ2n) is 4.65. The minimum absolute atomic E-state index is 0.513. The van der Waals surface area contributed by atoms with E-state index < -0.39 is 0 Å². The van der Waals surface area contributed by atoms with Crippen LogP contribution in [0, 0.1) is 12.8 Å². The van der Waals surface area contributed by atoms with Crippen molar-refractivity contribution in [1.82, 2.24) is 0 Å². The second-order valence-corrected chi connectivity index (χ2v) is 6.87. The van der Waals surface area contributed by atoms with E-state index in [1.54, 1.807) is 11.3 Å². The number of aryl methyl sites for hydroxylation is 1. The summed E-state index contributed by atoms with van der Waals surface area (Å²) in [6, 6.07) is 10.9. The third-order valence-corrected chi connectivity index (χ3v) is 5.09. The van der Waals surface area contributed by atoms with Crippen LogP contribution in [0.2, 0.25) is 0 Å². The van der Waals surface area contributed by atoms with Gasteiger partial charge >= 0.3 is 0 Å². The van der Waals surface area contributed by atoms with Gasteiger partial charge in [-0.3, -0.25) is 0 Å². The normalized spacial score (nSPS) is 12.6. The van der Waals surface area contributed by atoms with Crippen molar-refractivity contribution in [2.75, 3.05) is 5.88 Å². The van der Waals surface area contributed by atoms with Crippen LogP contribution in [0.25, 0.3) is 0 Å². The van der Waals surface area contributed by atoms with Gasteiger partial charge < -0.3 is 0 Å². The quantitative estimate of drug-likeness (QED) is 0.632. The van der Waals surface area contributed by atoms with Gasteiger partial charge in [-0.1, -0.05) is 29.8 Å². The summed E-state index contributed by atoms with van der Waals surface area (Å²) in [5.74, 6) is 1.22. The fourth-order valence-electron chi connectivity index (χ4n) is 2.10. The molecule has 0 spiro atoms. The molecule has 0 aliphatic rings. The van der Waals surface area contributed by atoms with Crippen molar-refractivity contribution in [2.45, 2.75) is 19.8 Å². The molecular weight excluding hydrogens is 328 g/mol. The lowest BCUT2D eigenvalue weighted by molar-refractivity contribution is 0.589. The smallest absolute Gasteiger partial charge is 0.0285 e. The van der Waals surface area contributed by atoms with Gasteiger partial charge in [-0.05, 0) is 53.2 Å². The molecule has 1 unspecified atom stereocenters. The zero-order valence-corrected chi connectivity index (χ0v) is 13.5. The first kappa shape index (κ1) is 14.1. The number of rotatable bonds is 5. The van der Waals surface area contributed by atoms with E-state index in [0.717, 1.165) is 12.8 Å². The molecule has 0 radical (unpaired) electrons. The van der Waals surface area contributed by atoms with Gasteiger partial charge in [0.1, 0.15) is 0 Å². The Morgan fingerprint density at radius 3 is 2.72 bits per heavy atom. The van der Waals surface area contributed by atoms with Gasteiger partial charge in [-0.2, -0.15) is 0 Å². The minimum atomic E-state index is 0.513. The molecule has 2 rings (SSSR count). The van der Waals surface area contributed by atoms with Crippen LogP contribution in [-0.4, -0.2) is 5.88 Å². The zero-order chi connectivity index (χ0) is 13.0. The highest BCUT2D eigenvalue weighted by Crippen LogP contribution is 2.24. The Kier molecular flexibility index (Phi) is 5.28. The molecule has 2 aromatic rings. The van der Waals surface area contributed by atoms with Crippen LogP contribution < -0.4 is 0 Å². The van der Waals surface area contributed by atoms with E-state index >= 15 is 0 Å². The predicted octanol–water partition coefficient (Wildman–Crippen LogP) is 5.46. The second kappa shape index (κ2) is 6.74. The maximum Gasteiger partial charge on any atom is 0.0285 e. The summed E-state index contributed by atoms with van der Waals surface area (Å²) in [6.45, 7) is 2.13. The van der Waals surface area contributed by atoms with Gasteiger partial charge in [0.2, 0.25) is 0 Å². The number of thiophene rings is 1. The van der Waals surface area contributed by atoms with Crippen molar-refractivity contribution in [3.05, 3.63) is 56.2 Å². The fourth-order valence-corrected chi connectivity index (χ4v) is 3.88. The van der Waals surface area contributed by atoms with Crippen molar-refractivity contribution < 1.29 is 0 Å². The lowest BCUT2D eigenvalue weighted by atomic mass is 9.96. The van der Waals surface area contributed by atoms with Gasteiger partial charge in [0.15, 0.2) is 0 Å². The first-order valence-corrected chi connectivity index (χ1v) is 8.22. The largest absolute Gasteiger partial charge is 0.148 e. The van der Waals surface area contributed by atoms with Gasteiger partial charge in [0.25, 0.3) is 0 Å². The highest BCUT2D eigenvalue weighted by atomic mass is 79.9. The average molecular weight is 344 g/mol. The van der Waals surface area contributed by atoms with Crippen molar-refractivity contribution in [2.24, 2.45) is 5.92 Å². The van der Waals surface area contributed by atoms with E-state index in [-0.39, 0.29) is 0 Å². The molecular formula is C15H16BrClS. The van der Waals surface area contributed by atoms with Crippen LogP contribution in [0.15, 0.2) is 40.2 Å². The Bertz CT molecular complexity index is 507. The Balaban J connectivity index is 2.01. The molecule has 96 valence electrons. The van der Waals surface area contributed by atoms with Crippen LogP contribution in [0.1, 0.15) is 16.0 Å². The Morgan fingerprint density at radius 1 is 1.28 bits per heavy atom. The molecule has 1 aromatic carbocycles. The van der Waals surface area contributed by atoms with E-state index in [2.05, 4.69) is 58.6 Å². The maximum atomic E-state index is 6.11. The summed E-state index contributed by atoms with van der Waals surface area (Å²) in [5.41, 5.74) is 2.70. The Hall–Kier alpha value is -0.310. The molecule has 3 heteroatoms. The zero-order valence-electron chi connectivity index (χ0n) is 10.3. The first-order valence-electron chi connectivity index (χ1n) is 6.02. The minimum Gasteiger partial charge on any atom is -0.148 e. The van der Waals surface area contributed by atoms with Crippen LogP contribution in [0.5, 0.6) is 0 Å². The number of benzene rings is 1. The summed E-state index contributed by atoms with van der Waals surface area (Å²) < 4.78 is 1.17. The lowest BCUT2D eigenvalue weighted by Gasteiger charge is -2.13. The molecule has 0 N–H and O–H groups in total. The number of hydrogen-bond donors (Lipinski definition) is 0. The molecule has 0 saturated carbocycles. The SMILES string of the molecule is Cc1cccc(CC(CCl)Cc2cc(Br)cs2)c1. The summed E-state index contributed by atoms with van der Waals surface area (Å²) in [4.78, 5) is 1.40. The third-order valence-electron chi connectivity index (χ3n) is 2.94. The standard InChI is InChI=1S/C15H16BrClS/c1-11-3-2-4-12(5-11)6-13(9-17)7-15-8-14(16)10-18-15/h2-5,8,10,13H,6-7,9H2,1H3. The summed E-state index contributed by atoms with van der Waals surface area (Å²) in [7, 11) is 0. The highest BCUT2D eigenvalue weighted by molar-refractivity contribution is 9.10. The van der Waals surface area contributed by atoms with Crippen molar-refractivity contribution in [3.63, 3.8) is 0 Å². The van der Waals surface area contributed by atoms with Gasteiger partial charge in [0.05, 0.1) is 0 Å². The van der Waals surface area contributed by atoms with E-state index in [9.17, 15) is 0 Å². The monoisotopic (exact) mass is 342 g/mol. The Morgan fingerprint density at radius 2 is 2.11 bits per heavy atom. The molecule has 0 aliphatic carbocycles. The lowest BCUT2D eigenvalue weighted by Crippen LogP contribution is -2.09. The van der Waals surface area contributed by atoms with E-state index in [4.69, 9.17) is 11.6 Å². The summed E-state index contributed by atoms with van der Waals surface area (Å²) >= 11 is 11.4. The third kappa shape index (κ3) is 4.11. The van der Waals surface area contributed by atoms with Crippen molar-refractivity contribution in [3.8, 4) is 0 Å². The molecule has 0 bridgehead atoms. The molecule has 0 amide bonds. The topological polar surface area (TPSA) is 0 Å². The molecule has 0 saturated heterocycles. The van der Waals surface area contributed by atoms with Gasteiger partial charge in [0, 0.05) is 20.6 Å². The number of alkyl halides is 1. The molecule has 0 nitrogen and oxygen atoms in total. The van der Waals surface area contributed by atoms with Crippen LogP contribution in [0.4, 0.5) is 0 Å². The summed E-state index contributed by atoms with van der Waals surface area (Å²) in [6.07, 6.45) is 2.12. The molecule has 0 fully saturated rings. The Labute approximate surface area is 126 Å². The van der Waals surface area contributed by atoms with Crippen LogP contribution >= 0.6 is 38.9 Å². The van der Waals surface area contributed by atoms with E-state index in [1.807, 2.05) is 0 Å². The number of hydrogen-bond acceptors (Lipinski definition) is 1. The van der Waals surface area contributed by atoms with E-state index in [1.165, 1.54) is 20.5 Å². The van der Waals surface area contributed by atoms with E-state index in [0.29, 0.717) is 11.8 Å². The average Bonchev–Trinajstić information content (AvgIpc) is 2.74. The molecule has 0 aliphatic heterocycles. The van der Waals surface area contributed by atoms with Gasteiger partial charge in [-0.25, -0.2) is 0 Å². The first-order chi connectivity index (χ1) is 8.67. The number of halogens is 2. The van der Waals surface area contributed by atoms with Crippen LogP contribution in [0.3, 0.4) is 0 Å². The molecule has 1 aromatic heterocycles. The molecule has 18 heavy (non-hydrogen) atoms. The van der Waals surface area contributed by atoms with Gasteiger partial charge in [-0.15, -0.1) is 22.9 Å². The highest BCUT2D eigenvalue weighted by Gasteiger charge is 2.11. The molecule has 1 atom stereocenters. The van der Waals surface area contributed by atoms with Crippen molar-refractivity contribution in [1.29, 1.82) is 0 Å². The fraction of sp³-hybridized carbons (Fsp3) is 0.333. The summed E-state index contributed by atoms with van der Waals surface area (Å²) in [5, 5.41) is 2.13. The van der Waals surface area contributed by atoms with Crippen molar-refractivity contribution >= 4 is 38.9 Å². The molecule has 1 heterocycles. The van der Waals surface area contributed by atoms with Crippen LogP contribution in [-0.2, 0) is 12.8 Å². The maximum absolute atomic E-state index is 6.11. The predicted molar refractivity (Wildman–Crippen MR) is 84.8 cm³/mol.